The monoisotopic (exact) mass is 586 g/mol. The number of aliphatic imine (C=N–C) groups is 1. The van der Waals surface area contributed by atoms with E-state index in [-0.39, 0.29) is 22.5 Å². The first-order valence-electron chi connectivity index (χ1n) is 13.2. The van der Waals surface area contributed by atoms with Crippen molar-refractivity contribution in [3.63, 3.8) is 0 Å². The molecule has 0 N–H and O–H groups in total. The number of fused-ring (bicyclic) bond motifs is 4. The fourth-order valence-electron chi connectivity index (χ4n) is 6.32. The third-order valence-corrected chi connectivity index (χ3v) is 8.68. The molecule has 3 unspecified atom stereocenters. The molecule has 3 atom stereocenters. The molecule has 8 nitrogen and oxygen atoms in total. The smallest absolute Gasteiger partial charge is 0.254 e. The Labute approximate surface area is 243 Å². The van der Waals surface area contributed by atoms with Crippen LogP contribution >= 0.6 is 23.2 Å². The molecule has 5 heterocycles. The van der Waals surface area contributed by atoms with Gasteiger partial charge in [0.1, 0.15) is 18.2 Å². The van der Waals surface area contributed by atoms with Crippen molar-refractivity contribution in [2.24, 2.45) is 10.9 Å². The van der Waals surface area contributed by atoms with Crippen LogP contribution in [0.2, 0.25) is 10.2 Å². The molecule has 1 fully saturated rings. The summed E-state index contributed by atoms with van der Waals surface area (Å²) in [5.41, 5.74) is 5.52. The van der Waals surface area contributed by atoms with Crippen molar-refractivity contribution < 1.29 is 9.13 Å². The maximum absolute atomic E-state index is 15.5. The zero-order valence-corrected chi connectivity index (χ0v) is 23.0. The molecule has 204 valence electrons. The fourth-order valence-corrected chi connectivity index (χ4v) is 6.62. The van der Waals surface area contributed by atoms with Crippen molar-refractivity contribution in [1.29, 1.82) is 0 Å². The van der Waals surface area contributed by atoms with Crippen LogP contribution < -0.4 is 10.3 Å². The van der Waals surface area contributed by atoms with Crippen molar-refractivity contribution in [1.82, 2.24) is 24.5 Å². The molecule has 4 aliphatic rings. The van der Waals surface area contributed by atoms with Crippen molar-refractivity contribution in [3.05, 3.63) is 110 Å². The van der Waals surface area contributed by atoms with E-state index in [1.165, 1.54) is 10.7 Å². The van der Waals surface area contributed by atoms with Gasteiger partial charge in [0.25, 0.3) is 5.56 Å². The molecular formula is C30H21Cl2FN6O2. The van der Waals surface area contributed by atoms with E-state index >= 15 is 4.39 Å². The van der Waals surface area contributed by atoms with Gasteiger partial charge < -0.3 is 4.74 Å². The van der Waals surface area contributed by atoms with Gasteiger partial charge in [0.15, 0.2) is 5.15 Å². The first kappa shape index (κ1) is 24.7. The molecule has 4 aromatic rings. The van der Waals surface area contributed by atoms with E-state index in [0.29, 0.717) is 52.1 Å². The Morgan fingerprint density at radius 2 is 1.98 bits per heavy atom. The SMILES string of the molecule is C=C1COc2cc(C3=NC(F)=C(C4C5CC5c5nc(-c6cc(Cl)ccc6-n6cc(Cl)nn6)cc(=O)n54)C3)ccc2C1. The van der Waals surface area contributed by atoms with Gasteiger partial charge in [0.05, 0.1) is 29.3 Å². The summed E-state index contributed by atoms with van der Waals surface area (Å²) in [5, 5.41) is 8.64. The van der Waals surface area contributed by atoms with Gasteiger partial charge >= 0.3 is 0 Å². The molecular weight excluding hydrogens is 566 g/mol. The van der Waals surface area contributed by atoms with E-state index in [1.54, 1.807) is 29.0 Å². The summed E-state index contributed by atoms with van der Waals surface area (Å²) >= 11 is 12.3. The Morgan fingerprint density at radius 1 is 1.10 bits per heavy atom. The molecule has 0 amide bonds. The molecule has 0 spiro atoms. The molecule has 8 rings (SSSR count). The van der Waals surface area contributed by atoms with Gasteiger partial charge in [0.2, 0.25) is 5.95 Å². The highest BCUT2D eigenvalue weighted by Crippen LogP contribution is 2.61. The standard InChI is InChI=1S/C30H21Cl2FN6O2/c1-14-6-16-3-2-15(7-25(16)41-13-14)22-10-21(29(33)34-22)28-18-9-19(18)30-35-23(11-27(40)39(28)30)20-8-17(31)4-5-24(20)38-12-26(32)36-37-38/h2-5,7-8,11-12,18-19,28H,1,6,9-10,13H2. The number of halogens is 3. The topological polar surface area (TPSA) is 87.2 Å². The van der Waals surface area contributed by atoms with Crippen LogP contribution in [0.15, 0.2) is 82.1 Å². The van der Waals surface area contributed by atoms with E-state index in [4.69, 9.17) is 32.9 Å². The molecule has 0 bridgehead atoms. The number of ether oxygens (including phenoxy) is 1. The zero-order valence-electron chi connectivity index (χ0n) is 21.5. The molecule has 0 radical (unpaired) electrons. The Kier molecular flexibility index (Phi) is 5.40. The van der Waals surface area contributed by atoms with Gasteiger partial charge in [-0.05, 0) is 47.7 Å². The average molecular weight is 587 g/mol. The molecule has 11 heteroatoms. The lowest BCUT2D eigenvalue weighted by Crippen LogP contribution is -2.27. The van der Waals surface area contributed by atoms with Crippen LogP contribution in [0.5, 0.6) is 5.75 Å². The third-order valence-electron chi connectivity index (χ3n) is 8.27. The van der Waals surface area contributed by atoms with Crippen molar-refractivity contribution in [2.45, 2.75) is 31.2 Å². The minimum atomic E-state index is -0.522. The maximum atomic E-state index is 15.5. The summed E-state index contributed by atoms with van der Waals surface area (Å²) in [7, 11) is 0. The number of hydrogen-bond donors (Lipinski definition) is 0. The lowest BCUT2D eigenvalue weighted by molar-refractivity contribution is 0.332. The van der Waals surface area contributed by atoms with Gasteiger partial charge in [0, 0.05) is 46.5 Å². The van der Waals surface area contributed by atoms with Gasteiger partial charge in [-0.25, -0.2) is 14.7 Å². The van der Waals surface area contributed by atoms with Gasteiger partial charge in [-0.15, -0.1) is 5.10 Å². The van der Waals surface area contributed by atoms with Crippen LogP contribution in [0.1, 0.15) is 41.8 Å². The van der Waals surface area contributed by atoms with Gasteiger partial charge in [-0.3, -0.25) is 9.36 Å². The molecule has 3 aliphatic heterocycles. The highest BCUT2D eigenvalue weighted by molar-refractivity contribution is 6.31. The van der Waals surface area contributed by atoms with Crippen LogP contribution in [0.3, 0.4) is 0 Å². The van der Waals surface area contributed by atoms with Gasteiger partial charge in [-0.2, -0.15) is 4.39 Å². The minimum absolute atomic E-state index is 0.0747. The molecule has 2 aromatic carbocycles. The quantitative estimate of drug-likeness (QED) is 0.215. The third kappa shape index (κ3) is 3.98. The fraction of sp³-hybridized carbons (Fsp3) is 0.233. The van der Waals surface area contributed by atoms with Crippen LogP contribution in [0.4, 0.5) is 4.39 Å². The van der Waals surface area contributed by atoms with Crippen LogP contribution in [-0.2, 0) is 6.42 Å². The molecule has 41 heavy (non-hydrogen) atoms. The number of nitrogens with zero attached hydrogens (tertiary/aromatic N) is 6. The van der Waals surface area contributed by atoms with E-state index in [2.05, 4.69) is 21.9 Å². The maximum Gasteiger partial charge on any atom is 0.254 e. The Bertz CT molecular complexity index is 1940. The first-order valence-corrected chi connectivity index (χ1v) is 14.0. The summed E-state index contributed by atoms with van der Waals surface area (Å²) in [5.74, 6) is 1.09. The average Bonchev–Trinajstić information content (AvgIpc) is 3.28. The number of aromatic nitrogens is 5. The number of hydrogen-bond acceptors (Lipinski definition) is 6. The molecule has 2 aromatic heterocycles. The lowest BCUT2D eigenvalue weighted by atomic mass is 9.95. The summed E-state index contributed by atoms with van der Waals surface area (Å²) in [4.78, 5) is 22.9. The van der Waals surface area contributed by atoms with E-state index in [9.17, 15) is 4.79 Å². The summed E-state index contributed by atoms with van der Waals surface area (Å²) in [6.45, 7) is 4.48. The van der Waals surface area contributed by atoms with Crippen molar-refractivity contribution in [3.8, 4) is 22.7 Å². The van der Waals surface area contributed by atoms with Crippen molar-refractivity contribution in [2.75, 3.05) is 6.61 Å². The predicted molar refractivity (Wildman–Crippen MR) is 153 cm³/mol. The lowest BCUT2D eigenvalue weighted by Gasteiger charge is -2.21. The number of benzene rings is 2. The molecule has 1 aliphatic carbocycles. The van der Waals surface area contributed by atoms with E-state index in [0.717, 1.165) is 35.3 Å². The molecule has 1 saturated carbocycles. The first-order chi connectivity index (χ1) is 19.8. The second-order valence-electron chi connectivity index (χ2n) is 10.9. The number of rotatable bonds is 4. The van der Waals surface area contributed by atoms with Gasteiger partial charge in [-0.1, -0.05) is 47.1 Å². The summed E-state index contributed by atoms with van der Waals surface area (Å²) < 4.78 is 24.5. The van der Waals surface area contributed by atoms with Crippen LogP contribution in [0.25, 0.3) is 16.9 Å². The highest BCUT2D eigenvalue weighted by Gasteiger charge is 2.56. The Morgan fingerprint density at radius 3 is 2.80 bits per heavy atom. The summed E-state index contributed by atoms with van der Waals surface area (Å²) in [6.07, 6.45) is 3.50. The van der Waals surface area contributed by atoms with Crippen LogP contribution in [0, 0.1) is 5.92 Å². The number of allylic oxidation sites excluding steroid dienone is 1. The van der Waals surface area contributed by atoms with Crippen LogP contribution in [-0.4, -0.2) is 36.9 Å². The second-order valence-corrected chi connectivity index (χ2v) is 11.7. The predicted octanol–water partition coefficient (Wildman–Crippen LogP) is 6.02. The largest absolute Gasteiger partial charge is 0.489 e. The second kappa shape index (κ2) is 8.96. The zero-order chi connectivity index (χ0) is 28.0. The van der Waals surface area contributed by atoms with Crippen molar-refractivity contribution >= 4 is 28.9 Å². The minimum Gasteiger partial charge on any atom is -0.489 e. The Hall–Kier alpha value is -4.08. The Balaban J connectivity index is 1.14. The normalized spacial score (nSPS) is 22.3. The summed E-state index contributed by atoms with van der Waals surface area (Å²) in [6, 6.07) is 12.1. The van der Waals surface area contributed by atoms with E-state index in [1.807, 2.05) is 18.2 Å². The molecule has 0 saturated heterocycles. The highest BCUT2D eigenvalue weighted by atomic mass is 35.5. The van der Waals surface area contributed by atoms with E-state index < -0.39 is 12.0 Å².